The number of halogens is 2. The van der Waals surface area contributed by atoms with Crippen LogP contribution in [0.15, 0.2) is 82.7 Å². The summed E-state index contributed by atoms with van der Waals surface area (Å²) in [4.78, 5) is 27.3. The number of ether oxygens (including phenoxy) is 2. The zero-order valence-electron chi connectivity index (χ0n) is 19.5. The van der Waals surface area contributed by atoms with Gasteiger partial charge in [-0.05, 0) is 77.3 Å². The van der Waals surface area contributed by atoms with E-state index in [0.29, 0.717) is 34.5 Å². The molecule has 2 amide bonds. The van der Waals surface area contributed by atoms with Crippen LogP contribution >= 0.6 is 39.3 Å². The minimum absolute atomic E-state index is 0.212. The molecule has 0 saturated carbocycles. The van der Waals surface area contributed by atoms with Gasteiger partial charge in [0.25, 0.3) is 11.1 Å². The maximum Gasteiger partial charge on any atom is 0.293 e. The van der Waals surface area contributed by atoms with Crippen molar-refractivity contribution in [2.45, 2.75) is 19.6 Å². The van der Waals surface area contributed by atoms with Crippen molar-refractivity contribution in [2.75, 3.05) is 7.11 Å². The van der Waals surface area contributed by atoms with Gasteiger partial charge in [-0.3, -0.25) is 14.5 Å². The van der Waals surface area contributed by atoms with E-state index in [1.807, 2.05) is 54.6 Å². The van der Waals surface area contributed by atoms with Crippen molar-refractivity contribution in [1.29, 1.82) is 0 Å². The first-order valence-electron chi connectivity index (χ1n) is 11.1. The van der Waals surface area contributed by atoms with Crippen molar-refractivity contribution < 1.29 is 19.1 Å². The molecule has 8 heteroatoms. The monoisotopic (exact) mass is 583 g/mol. The van der Waals surface area contributed by atoms with Crippen LogP contribution in [0.25, 0.3) is 6.08 Å². The van der Waals surface area contributed by atoms with Crippen LogP contribution in [0.1, 0.15) is 22.3 Å². The van der Waals surface area contributed by atoms with E-state index in [9.17, 15) is 9.59 Å². The molecular formula is C28H23BrClNO4S. The quantitative estimate of drug-likeness (QED) is 0.191. The molecule has 4 rings (SSSR count). The highest BCUT2D eigenvalue weighted by Gasteiger charge is 2.35. The summed E-state index contributed by atoms with van der Waals surface area (Å²) < 4.78 is 12.6. The summed E-state index contributed by atoms with van der Waals surface area (Å²) in [5.41, 5.74) is 3.42. The summed E-state index contributed by atoms with van der Waals surface area (Å²) in [5, 5.41) is 0.363. The molecule has 3 aromatic carbocycles. The van der Waals surface area contributed by atoms with Crippen molar-refractivity contribution in [3.63, 3.8) is 0 Å². The third-order valence-electron chi connectivity index (χ3n) is 5.44. The maximum atomic E-state index is 13.0. The van der Waals surface area contributed by atoms with E-state index in [2.05, 4.69) is 22.5 Å². The van der Waals surface area contributed by atoms with E-state index in [1.165, 1.54) is 4.90 Å². The Morgan fingerprint density at radius 1 is 1.08 bits per heavy atom. The molecule has 1 aliphatic rings. The second kappa shape index (κ2) is 11.8. The van der Waals surface area contributed by atoms with Crippen LogP contribution < -0.4 is 9.47 Å². The summed E-state index contributed by atoms with van der Waals surface area (Å²) in [6.07, 6.45) is 4.03. The molecule has 0 aliphatic carbocycles. The van der Waals surface area contributed by atoms with E-state index >= 15 is 0 Å². The van der Waals surface area contributed by atoms with Gasteiger partial charge < -0.3 is 9.47 Å². The lowest BCUT2D eigenvalue weighted by molar-refractivity contribution is -0.123. The average Bonchev–Trinajstić information content (AvgIpc) is 3.11. The number of benzene rings is 3. The topological polar surface area (TPSA) is 55.8 Å². The second-order valence-corrected chi connectivity index (χ2v) is 10.4. The number of hydrogen-bond acceptors (Lipinski definition) is 5. The minimum Gasteiger partial charge on any atom is -0.493 e. The van der Waals surface area contributed by atoms with Gasteiger partial charge in [0.1, 0.15) is 6.61 Å². The van der Waals surface area contributed by atoms with E-state index in [1.54, 1.807) is 25.3 Å². The molecule has 1 aliphatic heterocycles. The fourth-order valence-electron chi connectivity index (χ4n) is 3.73. The number of hydrogen-bond donors (Lipinski definition) is 0. The molecule has 1 fully saturated rings. The van der Waals surface area contributed by atoms with Crippen LogP contribution in [0.3, 0.4) is 0 Å². The van der Waals surface area contributed by atoms with Gasteiger partial charge >= 0.3 is 0 Å². The second-order valence-electron chi connectivity index (χ2n) is 8.02. The summed E-state index contributed by atoms with van der Waals surface area (Å²) in [6.45, 7) is 4.40. The SMILES string of the molecule is C=CCc1cc(/C=C2\SC(=O)N(Cc3cccc(Br)c3)C2=O)cc(OC)c1OCc1ccc(Cl)cc1. The fraction of sp³-hybridized carbons (Fsp3) is 0.143. The van der Waals surface area contributed by atoms with Crippen molar-refractivity contribution in [2.24, 2.45) is 0 Å². The standard InChI is InChI=1S/C28H23BrClNO4S/c1-3-5-21-12-20(14-24(34-2)26(21)35-17-18-8-10-23(30)11-9-18)15-25-27(32)31(28(33)36-25)16-19-6-4-7-22(29)13-19/h3-4,6-15H,1,5,16-17H2,2H3/b25-15-. The third-order valence-corrected chi connectivity index (χ3v) is 7.09. The number of carbonyl (C=O) groups is 2. The number of rotatable bonds is 9. The smallest absolute Gasteiger partial charge is 0.293 e. The molecule has 0 unspecified atom stereocenters. The van der Waals surface area contributed by atoms with Crippen LogP contribution in [-0.4, -0.2) is 23.2 Å². The first kappa shape index (κ1) is 26.1. The molecule has 36 heavy (non-hydrogen) atoms. The average molecular weight is 585 g/mol. The highest BCUT2D eigenvalue weighted by atomic mass is 79.9. The van der Waals surface area contributed by atoms with E-state index in [0.717, 1.165) is 38.5 Å². The Bertz CT molecular complexity index is 1340. The number of imide groups is 1. The highest BCUT2D eigenvalue weighted by molar-refractivity contribution is 9.10. The van der Waals surface area contributed by atoms with Gasteiger partial charge in [-0.25, -0.2) is 0 Å². The van der Waals surface area contributed by atoms with E-state index in [4.69, 9.17) is 21.1 Å². The molecule has 0 atom stereocenters. The minimum atomic E-state index is -0.322. The van der Waals surface area contributed by atoms with Gasteiger partial charge in [0.05, 0.1) is 18.6 Å². The van der Waals surface area contributed by atoms with E-state index in [-0.39, 0.29) is 17.7 Å². The summed E-state index contributed by atoms with van der Waals surface area (Å²) >= 11 is 10.3. The lowest BCUT2D eigenvalue weighted by atomic mass is 10.0. The predicted molar refractivity (Wildman–Crippen MR) is 148 cm³/mol. The summed E-state index contributed by atoms with van der Waals surface area (Å²) in [6, 6.07) is 18.7. The van der Waals surface area contributed by atoms with Crippen molar-refractivity contribution >= 4 is 56.5 Å². The third kappa shape index (κ3) is 6.22. The summed E-state index contributed by atoms with van der Waals surface area (Å²) in [5.74, 6) is 0.812. The predicted octanol–water partition coefficient (Wildman–Crippen LogP) is 7.66. The maximum absolute atomic E-state index is 13.0. The zero-order valence-corrected chi connectivity index (χ0v) is 22.7. The number of thioether (sulfide) groups is 1. The molecule has 184 valence electrons. The molecule has 0 spiro atoms. The molecule has 3 aromatic rings. The molecular weight excluding hydrogens is 562 g/mol. The van der Waals surface area contributed by atoms with Crippen molar-refractivity contribution in [1.82, 2.24) is 4.90 Å². The Labute approximate surface area is 227 Å². The molecule has 0 aromatic heterocycles. The van der Waals surface area contributed by atoms with Crippen LogP contribution in [-0.2, 0) is 24.4 Å². The lowest BCUT2D eigenvalue weighted by Crippen LogP contribution is -2.27. The zero-order chi connectivity index (χ0) is 25.7. The Morgan fingerprint density at radius 3 is 2.56 bits per heavy atom. The van der Waals surface area contributed by atoms with Gasteiger partial charge in [-0.2, -0.15) is 0 Å². The number of nitrogens with zero attached hydrogens (tertiary/aromatic N) is 1. The van der Waals surface area contributed by atoms with Gasteiger partial charge in [-0.1, -0.05) is 57.9 Å². The van der Waals surface area contributed by atoms with Gasteiger partial charge in [0.2, 0.25) is 0 Å². The number of allylic oxidation sites excluding steroid dienone is 1. The highest BCUT2D eigenvalue weighted by Crippen LogP contribution is 2.38. The van der Waals surface area contributed by atoms with Gasteiger partial charge in [0, 0.05) is 15.1 Å². The molecule has 1 saturated heterocycles. The summed E-state index contributed by atoms with van der Waals surface area (Å²) in [7, 11) is 1.57. The molecule has 1 heterocycles. The van der Waals surface area contributed by atoms with Crippen molar-refractivity contribution in [3.05, 3.63) is 110 Å². The Balaban J connectivity index is 1.59. The van der Waals surface area contributed by atoms with Crippen molar-refractivity contribution in [3.8, 4) is 11.5 Å². The van der Waals surface area contributed by atoms with Crippen LogP contribution in [0.2, 0.25) is 5.02 Å². The Morgan fingerprint density at radius 2 is 1.86 bits per heavy atom. The molecule has 5 nitrogen and oxygen atoms in total. The Hall–Kier alpha value is -3.00. The molecule has 0 bridgehead atoms. The van der Waals surface area contributed by atoms with Gasteiger partial charge in [-0.15, -0.1) is 6.58 Å². The number of methoxy groups -OCH3 is 1. The fourth-order valence-corrected chi connectivity index (χ4v) is 5.14. The first-order chi connectivity index (χ1) is 17.4. The normalized spacial score (nSPS) is 14.4. The first-order valence-corrected chi connectivity index (χ1v) is 13.1. The van der Waals surface area contributed by atoms with Crippen LogP contribution in [0.5, 0.6) is 11.5 Å². The molecule has 0 radical (unpaired) electrons. The van der Waals surface area contributed by atoms with E-state index < -0.39 is 0 Å². The Kier molecular flexibility index (Phi) is 8.56. The molecule has 0 N–H and O–H groups in total. The largest absolute Gasteiger partial charge is 0.493 e. The van der Waals surface area contributed by atoms with Crippen LogP contribution in [0.4, 0.5) is 4.79 Å². The van der Waals surface area contributed by atoms with Crippen LogP contribution in [0, 0.1) is 0 Å². The number of carbonyl (C=O) groups excluding carboxylic acids is 2. The van der Waals surface area contributed by atoms with Gasteiger partial charge in [0.15, 0.2) is 11.5 Å². The number of amides is 2. The lowest BCUT2D eigenvalue weighted by Gasteiger charge is -2.16.